The molecule has 0 radical (unpaired) electrons. The largest absolute Gasteiger partial charge is 0.382 e. The lowest BCUT2D eigenvalue weighted by molar-refractivity contribution is 0.204. The normalized spacial score (nSPS) is 13.0. The third-order valence-electron chi connectivity index (χ3n) is 2.74. The number of aliphatic hydroxyl groups is 1. The second-order valence-electron chi connectivity index (χ2n) is 4.52. The van der Waals surface area contributed by atoms with Gasteiger partial charge in [-0.1, -0.05) is 27.5 Å². The van der Waals surface area contributed by atoms with E-state index in [1.807, 2.05) is 13.8 Å². The molecule has 0 aliphatic carbocycles. The van der Waals surface area contributed by atoms with E-state index in [1.54, 1.807) is 10.7 Å². The zero-order valence-corrected chi connectivity index (χ0v) is 12.8. The average Bonchev–Trinajstić information content (AvgIpc) is 2.69. The number of hydrogen-bond donors (Lipinski definition) is 1. The van der Waals surface area contributed by atoms with E-state index in [1.165, 1.54) is 18.3 Å². The molecule has 1 heterocycles. The van der Waals surface area contributed by atoms with Crippen molar-refractivity contribution in [1.29, 1.82) is 0 Å². The maximum Gasteiger partial charge on any atom is 0.124 e. The van der Waals surface area contributed by atoms with Crippen LogP contribution in [0.4, 0.5) is 4.39 Å². The van der Waals surface area contributed by atoms with Gasteiger partial charge in [0.15, 0.2) is 0 Å². The molecular weight excluding hydrogens is 335 g/mol. The van der Waals surface area contributed by atoms with Crippen molar-refractivity contribution in [3.63, 3.8) is 0 Å². The Morgan fingerprint density at radius 2 is 2.05 bits per heavy atom. The van der Waals surface area contributed by atoms with Crippen LogP contribution < -0.4 is 0 Å². The van der Waals surface area contributed by atoms with Crippen LogP contribution in [0.5, 0.6) is 0 Å². The van der Waals surface area contributed by atoms with Crippen molar-refractivity contribution in [3.05, 3.63) is 51.0 Å². The predicted molar refractivity (Wildman–Crippen MR) is 75.8 cm³/mol. The standard InChI is InChI=1S/C13H13BrClFN2O/c1-7(2)18-12(11(15)6-17-18)13(19)8-3-9(14)5-10(16)4-8/h3-7,13,19H,1-2H3. The minimum atomic E-state index is -1.02. The van der Waals surface area contributed by atoms with Gasteiger partial charge in [-0.05, 0) is 37.6 Å². The van der Waals surface area contributed by atoms with E-state index >= 15 is 0 Å². The summed E-state index contributed by atoms with van der Waals surface area (Å²) < 4.78 is 15.6. The van der Waals surface area contributed by atoms with Crippen molar-refractivity contribution in [3.8, 4) is 0 Å². The van der Waals surface area contributed by atoms with Crippen LogP contribution in [-0.4, -0.2) is 14.9 Å². The number of hydrogen-bond acceptors (Lipinski definition) is 2. The Kier molecular flexibility index (Phi) is 4.28. The van der Waals surface area contributed by atoms with Gasteiger partial charge in [0.2, 0.25) is 0 Å². The summed E-state index contributed by atoms with van der Waals surface area (Å²) in [5.41, 5.74) is 0.894. The topological polar surface area (TPSA) is 38.0 Å². The summed E-state index contributed by atoms with van der Waals surface area (Å²) in [6, 6.07) is 4.32. The van der Waals surface area contributed by atoms with Crippen molar-refractivity contribution in [2.45, 2.75) is 26.0 Å². The van der Waals surface area contributed by atoms with Gasteiger partial charge in [0.05, 0.1) is 16.9 Å². The van der Waals surface area contributed by atoms with E-state index in [2.05, 4.69) is 21.0 Å². The first-order valence-electron chi connectivity index (χ1n) is 5.77. The zero-order chi connectivity index (χ0) is 14.2. The molecule has 3 nitrogen and oxygen atoms in total. The summed E-state index contributed by atoms with van der Waals surface area (Å²) in [5.74, 6) is -0.421. The monoisotopic (exact) mass is 346 g/mol. The first-order valence-corrected chi connectivity index (χ1v) is 6.94. The minimum Gasteiger partial charge on any atom is -0.382 e. The van der Waals surface area contributed by atoms with Crippen LogP contribution in [0.15, 0.2) is 28.9 Å². The molecule has 0 bridgehead atoms. The molecule has 6 heteroatoms. The van der Waals surface area contributed by atoms with E-state index in [0.29, 0.717) is 20.8 Å². The molecule has 1 aromatic heterocycles. The lowest BCUT2D eigenvalue weighted by Crippen LogP contribution is -2.12. The van der Waals surface area contributed by atoms with Gasteiger partial charge >= 0.3 is 0 Å². The molecule has 1 atom stereocenters. The summed E-state index contributed by atoms with van der Waals surface area (Å²) in [5, 5.41) is 14.9. The van der Waals surface area contributed by atoms with Crippen molar-refractivity contribution in [2.75, 3.05) is 0 Å². The van der Waals surface area contributed by atoms with Crippen LogP contribution >= 0.6 is 27.5 Å². The maximum absolute atomic E-state index is 13.4. The van der Waals surface area contributed by atoms with Gasteiger partial charge in [0.1, 0.15) is 11.9 Å². The fraction of sp³-hybridized carbons (Fsp3) is 0.308. The molecule has 0 aliphatic rings. The Bertz CT molecular complexity index is 580. The van der Waals surface area contributed by atoms with Crippen molar-refractivity contribution >= 4 is 27.5 Å². The summed E-state index contributed by atoms with van der Waals surface area (Å²) in [6.07, 6.45) is 0.457. The van der Waals surface area contributed by atoms with Gasteiger partial charge in [0.25, 0.3) is 0 Å². The quantitative estimate of drug-likeness (QED) is 0.907. The summed E-state index contributed by atoms with van der Waals surface area (Å²) in [7, 11) is 0. The molecule has 0 spiro atoms. The van der Waals surface area contributed by atoms with Crippen LogP contribution in [0.1, 0.15) is 37.3 Å². The fourth-order valence-corrected chi connectivity index (χ4v) is 2.63. The number of aliphatic hydroxyl groups excluding tert-OH is 1. The highest BCUT2D eigenvalue weighted by Gasteiger charge is 2.22. The molecule has 1 unspecified atom stereocenters. The smallest absolute Gasteiger partial charge is 0.124 e. The van der Waals surface area contributed by atoms with Crippen LogP contribution in [0.3, 0.4) is 0 Å². The van der Waals surface area contributed by atoms with Crippen LogP contribution in [0.2, 0.25) is 5.02 Å². The molecule has 102 valence electrons. The number of halogens is 3. The molecule has 19 heavy (non-hydrogen) atoms. The van der Waals surface area contributed by atoms with Crippen LogP contribution in [0, 0.1) is 5.82 Å². The number of nitrogens with zero attached hydrogens (tertiary/aromatic N) is 2. The van der Waals surface area contributed by atoms with Gasteiger partial charge < -0.3 is 5.11 Å². The first kappa shape index (κ1) is 14.5. The molecular formula is C13H13BrClFN2O. The van der Waals surface area contributed by atoms with E-state index < -0.39 is 11.9 Å². The third kappa shape index (κ3) is 2.99. The second-order valence-corrected chi connectivity index (χ2v) is 5.84. The van der Waals surface area contributed by atoms with Gasteiger partial charge in [0, 0.05) is 10.5 Å². The highest BCUT2D eigenvalue weighted by molar-refractivity contribution is 9.10. The highest BCUT2D eigenvalue weighted by atomic mass is 79.9. The molecule has 2 rings (SSSR count). The molecule has 1 N–H and O–H groups in total. The molecule has 0 amide bonds. The maximum atomic E-state index is 13.4. The Morgan fingerprint density at radius 1 is 1.37 bits per heavy atom. The lowest BCUT2D eigenvalue weighted by Gasteiger charge is -2.17. The van der Waals surface area contributed by atoms with Crippen LogP contribution in [-0.2, 0) is 0 Å². The highest BCUT2D eigenvalue weighted by Crippen LogP contribution is 2.31. The summed E-state index contributed by atoms with van der Waals surface area (Å²) in [4.78, 5) is 0. The Balaban J connectivity index is 2.49. The minimum absolute atomic E-state index is 0.0501. The molecule has 0 saturated carbocycles. The second kappa shape index (κ2) is 5.61. The van der Waals surface area contributed by atoms with Gasteiger partial charge in [-0.3, -0.25) is 4.68 Å². The first-order chi connectivity index (χ1) is 8.90. The van der Waals surface area contributed by atoms with E-state index in [4.69, 9.17) is 11.6 Å². The number of aromatic nitrogens is 2. The number of rotatable bonds is 3. The molecule has 2 aromatic rings. The lowest BCUT2D eigenvalue weighted by atomic mass is 10.1. The fourth-order valence-electron chi connectivity index (χ4n) is 1.91. The SMILES string of the molecule is CC(C)n1ncc(Cl)c1C(O)c1cc(F)cc(Br)c1. The molecule has 0 aliphatic heterocycles. The third-order valence-corrected chi connectivity index (χ3v) is 3.48. The number of benzene rings is 1. The molecule has 0 saturated heterocycles. The Morgan fingerprint density at radius 3 is 2.63 bits per heavy atom. The van der Waals surface area contributed by atoms with Gasteiger partial charge in [-0.15, -0.1) is 0 Å². The van der Waals surface area contributed by atoms with Gasteiger partial charge in [-0.2, -0.15) is 5.10 Å². The molecule has 0 fully saturated rings. The summed E-state index contributed by atoms with van der Waals surface area (Å²) in [6.45, 7) is 3.86. The van der Waals surface area contributed by atoms with Crippen LogP contribution in [0.25, 0.3) is 0 Å². The average molecular weight is 348 g/mol. The zero-order valence-electron chi connectivity index (χ0n) is 10.4. The van der Waals surface area contributed by atoms with E-state index in [-0.39, 0.29) is 6.04 Å². The van der Waals surface area contributed by atoms with Crippen molar-refractivity contribution in [2.24, 2.45) is 0 Å². The summed E-state index contributed by atoms with van der Waals surface area (Å²) >= 11 is 9.27. The Hall–Kier alpha value is -0.910. The Labute approximate surface area is 124 Å². The van der Waals surface area contributed by atoms with Crippen molar-refractivity contribution < 1.29 is 9.50 Å². The molecule has 1 aromatic carbocycles. The van der Waals surface area contributed by atoms with Crippen molar-refractivity contribution in [1.82, 2.24) is 9.78 Å². The predicted octanol–water partition coefficient (Wildman–Crippen LogP) is 4.10. The van der Waals surface area contributed by atoms with Gasteiger partial charge in [-0.25, -0.2) is 4.39 Å². The van der Waals surface area contributed by atoms with E-state index in [9.17, 15) is 9.50 Å². The van der Waals surface area contributed by atoms with E-state index in [0.717, 1.165) is 0 Å².